The van der Waals surface area contributed by atoms with Gasteiger partial charge in [0, 0.05) is 43.1 Å². The number of esters is 2. The van der Waals surface area contributed by atoms with Crippen LogP contribution in [0, 0.1) is 5.92 Å². The summed E-state index contributed by atoms with van der Waals surface area (Å²) >= 11 is 0. The van der Waals surface area contributed by atoms with Crippen LogP contribution in [0.5, 0.6) is 0 Å². The summed E-state index contributed by atoms with van der Waals surface area (Å²) in [6, 6.07) is 9.66. The van der Waals surface area contributed by atoms with E-state index in [1.165, 1.54) is 20.8 Å². The zero-order chi connectivity index (χ0) is 20.4. The number of allylic oxidation sites excluding steroid dienone is 1. The molecule has 2 heterocycles. The number of fused-ring (bicyclic) bond motifs is 2. The number of anilines is 1. The van der Waals surface area contributed by atoms with Gasteiger partial charge in [-0.2, -0.15) is 0 Å². The minimum Gasteiger partial charge on any atom is -0.463 e. The van der Waals surface area contributed by atoms with Crippen LogP contribution in [-0.4, -0.2) is 42.8 Å². The van der Waals surface area contributed by atoms with Gasteiger partial charge in [-0.05, 0) is 26.0 Å². The molecule has 0 aliphatic carbocycles. The highest BCUT2D eigenvalue weighted by atomic mass is 16.6. The van der Waals surface area contributed by atoms with Gasteiger partial charge in [-0.25, -0.2) is 0 Å². The molecule has 0 aromatic heterocycles. The Kier molecular flexibility index (Phi) is 5.84. The van der Waals surface area contributed by atoms with Crippen LogP contribution in [0.3, 0.4) is 0 Å². The van der Waals surface area contributed by atoms with E-state index in [0.717, 1.165) is 11.4 Å². The monoisotopic (exact) mass is 387 g/mol. The molecule has 0 N–H and O–H groups in total. The number of benzene rings is 1. The third-order valence-electron chi connectivity index (χ3n) is 5.13. The van der Waals surface area contributed by atoms with Crippen molar-refractivity contribution in [3.63, 3.8) is 0 Å². The molecule has 2 bridgehead atoms. The maximum Gasteiger partial charge on any atom is 0.303 e. The summed E-state index contributed by atoms with van der Waals surface area (Å²) in [5.74, 6) is -1.31. The first-order chi connectivity index (χ1) is 13.3. The number of carbonyl (C=O) groups is 3. The minimum absolute atomic E-state index is 0.0485. The fraction of sp³-hybridized carbons (Fsp3) is 0.476. The average molecular weight is 387 g/mol. The van der Waals surface area contributed by atoms with Gasteiger partial charge in [0.05, 0.1) is 0 Å². The van der Waals surface area contributed by atoms with Crippen molar-refractivity contribution in [1.29, 1.82) is 0 Å². The topological polar surface area (TPSA) is 82.1 Å². The lowest BCUT2D eigenvalue weighted by Crippen LogP contribution is -2.58. The summed E-state index contributed by atoms with van der Waals surface area (Å²) in [4.78, 5) is 37.5. The SMILES string of the molecule is CC(=O)OC[C@H]1OC2CC(C(C(C)=O)=C(C)N2c2ccccc2)[C@@H]1OC(C)=O. The van der Waals surface area contributed by atoms with Crippen LogP contribution in [0.2, 0.25) is 0 Å². The van der Waals surface area contributed by atoms with Gasteiger partial charge in [0.2, 0.25) is 0 Å². The molecule has 0 spiro atoms. The lowest BCUT2D eigenvalue weighted by Gasteiger charge is -2.50. The van der Waals surface area contributed by atoms with Gasteiger partial charge in [0.1, 0.15) is 25.0 Å². The van der Waals surface area contributed by atoms with Crippen LogP contribution in [0.1, 0.15) is 34.1 Å². The second kappa shape index (κ2) is 8.14. The van der Waals surface area contributed by atoms with Crippen LogP contribution in [0.4, 0.5) is 5.69 Å². The molecular formula is C21H25NO6. The quantitative estimate of drug-likeness (QED) is 0.718. The Hall–Kier alpha value is -2.67. The number of rotatable bonds is 5. The third kappa shape index (κ3) is 3.94. The Balaban J connectivity index is 2.05. The Bertz CT molecular complexity index is 802. The smallest absolute Gasteiger partial charge is 0.303 e. The Morgan fingerprint density at radius 3 is 2.36 bits per heavy atom. The van der Waals surface area contributed by atoms with Gasteiger partial charge in [0.15, 0.2) is 5.78 Å². The van der Waals surface area contributed by atoms with E-state index in [1.807, 2.05) is 42.2 Å². The highest BCUT2D eigenvalue weighted by Crippen LogP contribution is 2.43. The summed E-state index contributed by atoms with van der Waals surface area (Å²) < 4.78 is 16.9. The predicted molar refractivity (Wildman–Crippen MR) is 101 cm³/mol. The van der Waals surface area contributed by atoms with Crippen molar-refractivity contribution in [2.24, 2.45) is 5.92 Å². The van der Waals surface area contributed by atoms with E-state index in [2.05, 4.69) is 0 Å². The molecule has 7 heteroatoms. The van der Waals surface area contributed by atoms with Gasteiger partial charge in [0.25, 0.3) is 0 Å². The van der Waals surface area contributed by atoms with E-state index in [4.69, 9.17) is 14.2 Å². The van der Waals surface area contributed by atoms with Gasteiger partial charge in [-0.3, -0.25) is 14.4 Å². The number of nitrogens with zero attached hydrogens (tertiary/aromatic N) is 1. The van der Waals surface area contributed by atoms with Crippen molar-refractivity contribution in [2.75, 3.05) is 11.5 Å². The number of Topliss-reactive ketones (excluding diaryl/α,β-unsaturated/α-hetero) is 1. The molecule has 2 aliphatic heterocycles. The van der Waals surface area contributed by atoms with Gasteiger partial charge < -0.3 is 19.1 Å². The number of hydrogen-bond donors (Lipinski definition) is 0. The first-order valence-electron chi connectivity index (χ1n) is 9.31. The summed E-state index contributed by atoms with van der Waals surface area (Å²) in [7, 11) is 0. The standard InChI is InChI=1S/C21H25NO6/c1-12-20(13(2)23)17-10-19(22(12)16-8-6-5-7-9-16)28-18(11-26-14(3)24)21(17)27-15(4)25/h5-9,17-19,21H,10-11H2,1-4H3/t17?,18-,19?,21+/m1/s1. The fourth-order valence-corrected chi connectivity index (χ4v) is 4.16. The molecule has 150 valence electrons. The molecule has 1 aromatic carbocycles. The van der Waals surface area contributed by atoms with Crippen molar-refractivity contribution in [3.8, 4) is 0 Å². The molecule has 0 amide bonds. The van der Waals surface area contributed by atoms with E-state index >= 15 is 0 Å². The molecule has 28 heavy (non-hydrogen) atoms. The number of para-hydroxylation sites is 1. The Labute approximate surface area is 164 Å². The normalized spacial score (nSPS) is 26.6. The lowest BCUT2D eigenvalue weighted by molar-refractivity contribution is -0.192. The van der Waals surface area contributed by atoms with E-state index in [-0.39, 0.29) is 24.5 Å². The minimum atomic E-state index is -0.695. The van der Waals surface area contributed by atoms with Crippen LogP contribution >= 0.6 is 0 Å². The first-order valence-corrected chi connectivity index (χ1v) is 9.31. The van der Waals surface area contributed by atoms with E-state index in [0.29, 0.717) is 12.0 Å². The summed E-state index contributed by atoms with van der Waals surface area (Å²) in [5.41, 5.74) is 2.30. The molecule has 1 aromatic rings. The molecule has 1 fully saturated rings. The van der Waals surface area contributed by atoms with Crippen molar-refractivity contribution in [3.05, 3.63) is 41.6 Å². The highest BCUT2D eigenvalue weighted by molar-refractivity contribution is 5.95. The summed E-state index contributed by atoms with van der Waals surface area (Å²) in [5, 5.41) is 0. The number of ketones is 1. The lowest BCUT2D eigenvalue weighted by atomic mass is 9.78. The van der Waals surface area contributed by atoms with Crippen molar-refractivity contribution >= 4 is 23.4 Å². The van der Waals surface area contributed by atoms with Crippen LogP contribution in [0.15, 0.2) is 41.6 Å². The van der Waals surface area contributed by atoms with Crippen LogP contribution < -0.4 is 4.90 Å². The van der Waals surface area contributed by atoms with Crippen molar-refractivity contribution < 1.29 is 28.6 Å². The molecule has 2 unspecified atom stereocenters. The highest BCUT2D eigenvalue weighted by Gasteiger charge is 2.49. The maximum absolute atomic E-state index is 12.5. The van der Waals surface area contributed by atoms with Crippen molar-refractivity contribution in [2.45, 2.75) is 52.6 Å². The van der Waals surface area contributed by atoms with Gasteiger partial charge >= 0.3 is 11.9 Å². The van der Waals surface area contributed by atoms with E-state index in [1.54, 1.807) is 0 Å². The molecule has 1 saturated heterocycles. The van der Waals surface area contributed by atoms with Crippen LogP contribution in [0.25, 0.3) is 0 Å². The number of ether oxygens (including phenoxy) is 3. The summed E-state index contributed by atoms with van der Waals surface area (Å²) in [6.07, 6.45) is -1.22. The van der Waals surface area contributed by atoms with Gasteiger partial charge in [-0.1, -0.05) is 18.2 Å². The zero-order valence-electron chi connectivity index (χ0n) is 16.5. The predicted octanol–water partition coefficient (Wildman–Crippen LogP) is 2.60. The van der Waals surface area contributed by atoms with E-state index in [9.17, 15) is 14.4 Å². The molecule has 3 rings (SSSR count). The molecule has 7 nitrogen and oxygen atoms in total. The second-order valence-corrected chi connectivity index (χ2v) is 7.11. The average Bonchev–Trinajstić information content (AvgIpc) is 2.62. The van der Waals surface area contributed by atoms with Gasteiger partial charge in [-0.15, -0.1) is 0 Å². The molecule has 2 aliphatic rings. The number of hydrogen-bond acceptors (Lipinski definition) is 7. The van der Waals surface area contributed by atoms with Crippen LogP contribution in [-0.2, 0) is 28.6 Å². The fourth-order valence-electron chi connectivity index (χ4n) is 4.16. The molecule has 0 radical (unpaired) electrons. The molecular weight excluding hydrogens is 362 g/mol. The third-order valence-corrected chi connectivity index (χ3v) is 5.13. The maximum atomic E-state index is 12.5. The zero-order valence-corrected chi connectivity index (χ0v) is 16.5. The van der Waals surface area contributed by atoms with E-state index < -0.39 is 24.1 Å². The Morgan fingerprint density at radius 2 is 1.79 bits per heavy atom. The van der Waals surface area contributed by atoms with Crippen molar-refractivity contribution in [1.82, 2.24) is 0 Å². The largest absolute Gasteiger partial charge is 0.463 e. The molecule has 4 atom stereocenters. The number of carbonyl (C=O) groups excluding carboxylic acids is 3. The summed E-state index contributed by atoms with van der Waals surface area (Å²) in [6.45, 7) is 5.98. The molecule has 0 saturated carbocycles. The second-order valence-electron chi connectivity index (χ2n) is 7.11. The Morgan fingerprint density at radius 1 is 1.11 bits per heavy atom. The first kappa shape index (κ1) is 20.1.